The van der Waals surface area contributed by atoms with Crippen LogP contribution < -0.4 is 5.32 Å². The van der Waals surface area contributed by atoms with Crippen molar-refractivity contribution in [2.45, 2.75) is 51.7 Å². The molecule has 80 valence electrons. The number of nitrogens with one attached hydrogen (secondary N) is 1. The molecular weight excluding hydrogens is 178 g/mol. The molecule has 0 aromatic rings. The zero-order valence-electron chi connectivity index (χ0n) is 9.44. The first-order valence-corrected chi connectivity index (χ1v) is 5.26. The summed E-state index contributed by atoms with van der Waals surface area (Å²) in [6, 6.07) is 0. The van der Waals surface area contributed by atoms with Crippen molar-refractivity contribution < 1.29 is 9.53 Å². The minimum absolute atomic E-state index is 0.0307. The van der Waals surface area contributed by atoms with E-state index in [0.717, 1.165) is 13.0 Å². The first-order chi connectivity index (χ1) is 6.31. The van der Waals surface area contributed by atoms with Crippen LogP contribution in [-0.4, -0.2) is 23.7 Å². The van der Waals surface area contributed by atoms with Crippen LogP contribution >= 0.6 is 0 Å². The number of rotatable bonds is 0. The number of carbonyl (C=O) groups excluding carboxylic acids is 1. The van der Waals surface area contributed by atoms with E-state index < -0.39 is 0 Å². The zero-order chi connectivity index (χ0) is 10.6. The lowest BCUT2D eigenvalue weighted by atomic mass is 9.62. The van der Waals surface area contributed by atoms with Crippen LogP contribution in [-0.2, 0) is 9.53 Å². The molecule has 2 aliphatic rings. The third-order valence-corrected chi connectivity index (χ3v) is 4.25. The summed E-state index contributed by atoms with van der Waals surface area (Å²) in [6.45, 7) is 9.18. The molecule has 1 atom stereocenters. The Morgan fingerprint density at radius 3 is 2.29 bits per heavy atom. The van der Waals surface area contributed by atoms with Gasteiger partial charge in [0.25, 0.3) is 0 Å². The van der Waals surface area contributed by atoms with E-state index in [1.54, 1.807) is 0 Å². The lowest BCUT2D eigenvalue weighted by Crippen LogP contribution is -2.55. The van der Waals surface area contributed by atoms with Crippen LogP contribution in [0.2, 0.25) is 0 Å². The Hall–Kier alpha value is -0.570. The van der Waals surface area contributed by atoms with E-state index in [9.17, 15) is 4.79 Å². The summed E-state index contributed by atoms with van der Waals surface area (Å²) in [6.07, 6.45) is 1.58. The fourth-order valence-electron chi connectivity index (χ4n) is 3.29. The number of amides is 1. The van der Waals surface area contributed by atoms with Crippen molar-refractivity contribution in [1.82, 2.24) is 5.32 Å². The van der Waals surface area contributed by atoms with Gasteiger partial charge in [-0.25, -0.2) is 0 Å². The Morgan fingerprint density at radius 1 is 1.29 bits per heavy atom. The first kappa shape index (κ1) is 9.97. The van der Waals surface area contributed by atoms with Crippen molar-refractivity contribution in [3.8, 4) is 0 Å². The van der Waals surface area contributed by atoms with Crippen molar-refractivity contribution in [1.29, 1.82) is 0 Å². The van der Waals surface area contributed by atoms with Crippen molar-refractivity contribution in [3.63, 3.8) is 0 Å². The molecule has 0 aromatic heterocycles. The largest absolute Gasteiger partial charge is 0.375 e. The molecule has 2 heterocycles. The van der Waals surface area contributed by atoms with Crippen LogP contribution in [0, 0.1) is 5.41 Å². The second kappa shape index (κ2) is 2.51. The highest BCUT2D eigenvalue weighted by Crippen LogP contribution is 2.55. The third kappa shape index (κ3) is 0.991. The SMILES string of the molecule is CC1(C)NC(=O)CC12CCOC2(C)C. The van der Waals surface area contributed by atoms with Crippen LogP contribution in [0.3, 0.4) is 0 Å². The van der Waals surface area contributed by atoms with Crippen molar-refractivity contribution >= 4 is 5.91 Å². The summed E-state index contributed by atoms with van der Waals surface area (Å²) in [7, 11) is 0. The summed E-state index contributed by atoms with van der Waals surface area (Å²) < 4.78 is 5.77. The summed E-state index contributed by atoms with van der Waals surface area (Å²) in [5.74, 6) is 0.161. The normalized spacial score (nSPS) is 39.0. The monoisotopic (exact) mass is 197 g/mol. The van der Waals surface area contributed by atoms with Gasteiger partial charge in [-0.3, -0.25) is 4.79 Å². The van der Waals surface area contributed by atoms with Gasteiger partial charge in [0.2, 0.25) is 5.91 Å². The number of hydrogen-bond acceptors (Lipinski definition) is 2. The van der Waals surface area contributed by atoms with Crippen LogP contribution in [0.15, 0.2) is 0 Å². The van der Waals surface area contributed by atoms with E-state index >= 15 is 0 Å². The third-order valence-electron chi connectivity index (χ3n) is 4.25. The van der Waals surface area contributed by atoms with Crippen LogP contribution in [0.1, 0.15) is 40.5 Å². The summed E-state index contributed by atoms with van der Waals surface area (Å²) in [5.41, 5.74) is -0.378. The van der Waals surface area contributed by atoms with Crippen LogP contribution in [0.4, 0.5) is 0 Å². The van der Waals surface area contributed by atoms with E-state index in [1.165, 1.54) is 0 Å². The summed E-state index contributed by atoms with van der Waals surface area (Å²) >= 11 is 0. The molecule has 0 radical (unpaired) electrons. The van der Waals surface area contributed by atoms with Gasteiger partial charge in [0.05, 0.1) is 5.60 Å². The lowest BCUT2D eigenvalue weighted by Gasteiger charge is -2.45. The van der Waals surface area contributed by atoms with Gasteiger partial charge >= 0.3 is 0 Å². The van der Waals surface area contributed by atoms with Gasteiger partial charge in [-0.1, -0.05) is 0 Å². The number of ether oxygens (including phenoxy) is 1. The van der Waals surface area contributed by atoms with E-state index in [2.05, 4.69) is 33.0 Å². The molecule has 3 nitrogen and oxygen atoms in total. The maximum atomic E-state index is 11.5. The van der Waals surface area contributed by atoms with E-state index in [0.29, 0.717) is 6.42 Å². The van der Waals surface area contributed by atoms with Gasteiger partial charge in [-0.15, -0.1) is 0 Å². The van der Waals surface area contributed by atoms with Gasteiger partial charge in [0.15, 0.2) is 0 Å². The second-order valence-electron chi connectivity index (χ2n) is 5.54. The van der Waals surface area contributed by atoms with Crippen LogP contribution in [0.5, 0.6) is 0 Å². The molecule has 1 N–H and O–H groups in total. The van der Waals surface area contributed by atoms with Crippen molar-refractivity contribution in [2.75, 3.05) is 6.61 Å². The van der Waals surface area contributed by atoms with Gasteiger partial charge < -0.3 is 10.1 Å². The quantitative estimate of drug-likeness (QED) is 0.638. The van der Waals surface area contributed by atoms with Crippen molar-refractivity contribution in [2.24, 2.45) is 5.41 Å². The summed E-state index contributed by atoms with van der Waals surface area (Å²) in [4.78, 5) is 11.5. The fourth-order valence-corrected chi connectivity index (χ4v) is 3.29. The van der Waals surface area contributed by atoms with Gasteiger partial charge in [0, 0.05) is 24.0 Å². The van der Waals surface area contributed by atoms with E-state index in [4.69, 9.17) is 4.74 Å². The molecule has 0 aromatic carbocycles. The molecule has 1 unspecified atom stereocenters. The summed E-state index contributed by atoms with van der Waals surface area (Å²) in [5, 5.41) is 3.06. The predicted octanol–water partition coefficient (Wildman–Crippen LogP) is 1.47. The molecule has 0 bridgehead atoms. The Balaban J connectivity index is 2.44. The molecule has 2 saturated heterocycles. The Morgan fingerprint density at radius 2 is 1.93 bits per heavy atom. The average Bonchev–Trinajstić information content (AvgIpc) is 2.36. The molecule has 1 spiro atoms. The van der Waals surface area contributed by atoms with Crippen LogP contribution in [0.25, 0.3) is 0 Å². The lowest BCUT2D eigenvalue weighted by molar-refractivity contribution is -0.120. The average molecular weight is 197 g/mol. The Labute approximate surface area is 85.2 Å². The molecule has 2 rings (SSSR count). The molecule has 1 amide bonds. The minimum Gasteiger partial charge on any atom is -0.375 e. The zero-order valence-corrected chi connectivity index (χ0v) is 9.44. The highest BCUT2D eigenvalue weighted by Gasteiger charge is 2.63. The smallest absolute Gasteiger partial charge is 0.221 e. The topological polar surface area (TPSA) is 38.3 Å². The predicted molar refractivity (Wildman–Crippen MR) is 53.9 cm³/mol. The second-order valence-corrected chi connectivity index (χ2v) is 5.54. The van der Waals surface area contributed by atoms with E-state index in [-0.39, 0.29) is 22.5 Å². The molecule has 0 aliphatic carbocycles. The van der Waals surface area contributed by atoms with Gasteiger partial charge in [-0.05, 0) is 34.1 Å². The molecule has 14 heavy (non-hydrogen) atoms. The maximum absolute atomic E-state index is 11.5. The molecule has 2 aliphatic heterocycles. The van der Waals surface area contributed by atoms with E-state index in [1.807, 2.05) is 0 Å². The first-order valence-electron chi connectivity index (χ1n) is 5.26. The fraction of sp³-hybridized carbons (Fsp3) is 0.909. The minimum atomic E-state index is -0.199. The molecule has 0 saturated carbocycles. The van der Waals surface area contributed by atoms with Gasteiger partial charge in [0.1, 0.15) is 0 Å². The number of carbonyl (C=O) groups is 1. The van der Waals surface area contributed by atoms with Gasteiger partial charge in [-0.2, -0.15) is 0 Å². The highest BCUT2D eigenvalue weighted by molar-refractivity contribution is 5.81. The molecule has 2 fully saturated rings. The maximum Gasteiger partial charge on any atom is 0.221 e. The molecular formula is C11H19NO2. The molecule has 3 heteroatoms. The standard InChI is InChI=1S/C11H19NO2/c1-9(2)11(7-8(13)12-9)5-6-14-10(11,3)4/h5-7H2,1-4H3,(H,12,13). The Bertz CT molecular complexity index is 283. The highest BCUT2D eigenvalue weighted by atomic mass is 16.5. The number of hydrogen-bond donors (Lipinski definition) is 1. The van der Waals surface area contributed by atoms with Crippen molar-refractivity contribution in [3.05, 3.63) is 0 Å². The Kier molecular flexibility index (Phi) is 1.79.